The van der Waals surface area contributed by atoms with Gasteiger partial charge in [-0.05, 0) is 31.5 Å². The number of hydrogen-bond acceptors (Lipinski definition) is 2. The Hall–Kier alpha value is -1.04. The Morgan fingerprint density at radius 3 is 2.27 bits per heavy atom. The maximum Gasteiger partial charge on any atom is 0.123 e. The Kier molecular flexibility index (Phi) is 4.61. The summed E-state index contributed by atoms with van der Waals surface area (Å²) < 4.78 is 0. The van der Waals surface area contributed by atoms with Gasteiger partial charge in [0.15, 0.2) is 0 Å². The predicted molar refractivity (Wildman–Crippen MR) is 62.9 cm³/mol. The van der Waals surface area contributed by atoms with Gasteiger partial charge in [-0.1, -0.05) is 30.3 Å². The summed E-state index contributed by atoms with van der Waals surface area (Å²) in [5.74, 6) is 0. The van der Waals surface area contributed by atoms with Crippen LogP contribution in [0.15, 0.2) is 30.3 Å². The van der Waals surface area contributed by atoms with Crippen molar-refractivity contribution in [3.63, 3.8) is 0 Å². The summed E-state index contributed by atoms with van der Waals surface area (Å²) in [7, 11) is 0. The van der Waals surface area contributed by atoms with Crippen LogP contribution in [0.1, 0.15) is 24.4 Å². The van der Waals surface area contributed by atoms with Crippen molar-refractivity contribution >= 4 is 12.4 Å². The Morgan fingerprint density at radius 1 is 1.13 bits per heavy atom. The quantitative estimate of drug-likeness (QED) is 0.770. The van der Waals surface area contributed by atoms with Crippen molar-refractivity contribution in [2.75, 3.05) is 13.1 Å². The normalized spacial score (nSPS) is 17.8. The second-order valence-corrected chi connectivity index (χ2v) is 3.69. The topological polar surface area (TPSA) is 27.0 Å². The van der Waals surface area contributed by atoms with E-state index >= 15 is 0 Å². The number of halogens is 1. The fourth-order valence-electron chi connectivity index (χ4n) is 2.00. The van der Waals surface area contributed by atoms with E-state index in [0.29, 0.717) is 0 Å². The molecule has 1 atom stereocenters. The highest BCUT2D eigenvalue weighted by Crippen LogP contribution is 2.23. The molecule has 0 amide bonds. The van der Waals surface area contributed by atoms with Gasteiger partial charge < -0.3 is 0 Å². The van der Waals surface area contributed by atoms with Gasteiger partial charge in [0.05, 0.1) is 6.07 Å². The van der Waals surface area contributed by atoms with Gasteiger partial charge in [-0.25, -0.2) is 0 Å². The van der Waals surface area contributed by atoms with Crippen molar-refractivity contribution in [3.8, 4) is 6.07 Å². The largest absolute Gasteiger partial charge is 0.284 e. The molecule has 15 heavy (non-hydrogen) atoms. The molecule has 1 unspecified atom stereocenters. The van der Waals surface area contributed by atoms with Crippen LogP contribution >= 0.6 is 12.4 Å². The number of benzene rings is 1. The van der Waals surface area contributed by atoms with Gasteiger partial charge in [-0.15, -0.1) is 12.4 Å². The first-order valence-electron chi connectivity index (χ1n) is 5.10. The van der Waals surface area contributed by atoms with E-state index in [4.69, 9.17) is 5.26 Å². The number of hydrogen-bond donors (Lipinski definition) is 0. The van der Waals surface area contributed by atoms with E-state index in [2.05, 4.69) is 11.0 Å². The summed E-state index contributed by atoms with van der Waals surface area (Å²) in [6.07, 6.45) is 2.45. The van der Waals surface area contributed by atoms with Gasteiger partial charge in [0.25, 0.3) is 0 Å². The average Bonchev–Trinajstić information content (AvgIpc) is 2.74. The molecule has 1 aromatic rings. The molecule has 3 heteroatoms. The third-order valence-electron chi connectivity index (χ3n) is 2.74. The lowest BCUT2D eigenvalue weighted by atomic mass is 10.1. The number of nitriles is 1. The molecule has 0 aromatic heterocycles. The second kappa shape index (κ2) is 5.75. The van der Waals surface area contributed by atoms with Crippen LogP contribution in [0.25, 0.3) is 0 Å². The molecule has 2 nitrogen and oxygen atoms in total. The van der Waals surface area contributed by atoms with Crippen molar-refractivity contribution in [1.29, 1.82) is 5.26 Å². The molecule has 0 aliphatic carbocycles. The molecule has 0 spiro atoms. The van der Waals surface area contributed by atoms with Crippen molar-refractivity contribution in [3.05, 3.63) is 35.9 Å². The standard InChI is InChI=1S/C12H14N2.ClH/c13-10-12(14-8-4-5-9-14)11-6-2-1-3-7-11;/h1-3,6-7,12H,4-5,8-9H2;1H. The number of rotatable bonds is 2. The fraction of sp³-hybridized carbons (Fsp3) is 0.417. The fourth-order valence-corrected chi connectivity index (χ4v) is 2.00. The van der Waals surface area contributed by atoms with E-state index in [1.54, 1.807) is 0 Å². The Bertz CT molecular complexity index is 325. The van der Waals surface area contributed by atoms with Gasteiger partial charge in [0.2, 0.25) is 0 Å². The Morgan fingerprint density at radius 2 is 1.73 bits per heavy atom. The first-order chi connectivity index (χ1) is 6.92. The Labute approximate surface area is 96.9 Å². The zero-order valence-electron chi connectivity index (χ0n) is 8.60. The zero-order chi connectivity index (χ0) is 9.80. The summed E-state index contributed by atoms with van der Waals surface area (Å²) in [4.78, 5) is 2.26. The molecule has 0 bridgehead atoms. The van der Waals surface area contributed by atoms with Crippen molar-refractivity contribution in [1.82, 2.24) is 4.90 Å². The van der Waals surface area contributed by atoms with E-state index in [9.17, 15) is 0 Å². The van der Waals surface area contributed by atoms with Gasteiger partial charge in [0, 0.05) is 0 Å². The van der Waals surface area contributed by atoms with Gasteiger partial charge in [0.1, 0.15) is 6.04 Å². The van der Waals surface area contributed by atoms with Gasteiger partial charge in [-0.3, -0.25) is 4.90 Å². The maximum atomic E-state index is 9.15. The minimum atomic E-state index is -0.0429. The molecule has 0 radical (unpaired) electrons. The lowest BCUT2D eigenvalue weighted by Crippen LogP contribution is -2.24. The highest BCUT2D eigenvalue weighted by molar-refractivity contribution is 5.85. The summed E-state index contributed by atoms with van der Waals surface area (Å²) >= 11 is 0. The van der Waals surface area contributed by atoms with E-state index in [1.165, 1.54) is 12.8 Å². The van der Waals surface area contributed by atoms with Crippen molar-refractivity contribution in [2.24, 2.45) is 0 Å². The van der Waals surface area contributed by atoms with Gasteiger partial charge >= 0.3 is 0 Å². The smallest absolute Gasteiger partial charge is 0.123 e. The summed E-state index contributed by atoms with van der Waals surface area (Å²) in [5.41, 5.74) is 1.12. The molecule has 0 saturated carbocycles. The third-order valence-corrected chi connectivity index (χ3v) is 2.74. The molecular formula is C12H15ClN2. The lowest BCUT2D eigenvalue weighted by Gasteiger charge is -2.21. The van der Waals surface area contributed by atoms with Crippen LogP contribution in [0.4, 0.5) is 0 Å². The van der Waals surface area contributed by atoms with Crippen LogP contribution in [0, 0.1) is 11.3 Å². The molecule has 1 saturated heterocycles. The predicted octanol–water partition coefficient (Wildman–Crippen LogP) is 2.77. The monoisotopic (exact) mass is 222 g/mol. The first kappa shape index (κ1) is 12.0. The maximum absolute atomic E-state index is 9.15. The number of likely N-dealkylation sites (tertiary alicyclic amines) is 1. The lowest BCUT2D eigenvalue weighted by molar-refractivity contribution is 0.294. The van der Waals surface area contributed by atoms with Crippen molar-refractivity contribution in [2.45, 2.75) is 18.9 Å². The van der Waals surface area contributed by atoms with E-state index in [1.807, 2.05) is 30.3 Å². The molecular weight excluding hydrogens is 208 g/mol. The highest BCUT2D eigenvalue weighted by Gasteiger charge is 2.22. The van der Waals surface area contributed by atoms with Gasteiger partial charge in [-0.2, -0.15) is 5.26 Å². The molecule has 1 aliphatic rings. The van der Waals surface area contributed by atoms with E-state index in [-0.39, 0.29) is 18.4 Å². The van der Waals surface area contributed by atoms with Crippen LogP contribution < -0.4 is 0 Å². The highest BCUT2D eigenvalue weighted by atomic mass is 35.5. The Balaban J connectivity index is 0.00000112. The first-order valence-corrected chi connectivity index (χ1v) is 5.10. The molecule has 2 rings (SSSR count). The second-order valence-electron chi connectivity index (χ2n) is 3.69. The minimum Gasteiger partial charge on any atom is -0.284 e. The van der Waals surface area contributed by atoms with E-state index < -0.39 is 0 Å². The molecule has 80 valence electrons. The summed E-state index contributed by atoms with van der Waals surface area (Å²) in [5, 5.41) is 9.15. The van der Waals surface area contributed by atoms with E-state index in [0.717, 1.165) is 18.7 Å². The van der Waals surface area contributed by atoms with Crippen LogP contribution in [-0.2, 0) is 0 Å². The molecule has 1 heterocycles. The van der Waals surface area contributed by atoms with Crippen molar-refractivity contribution < 1.29 is 0 Å². The molecule has 1 fully saturated rings. The molecule has 1 aromatic carbocycles. The van der Waals surface area contributed by atoms with Crippen LogP contribution in [0.5, 0.6) is 0 Å². The van der Waals surface area contributed by atoms with Crippen LogP contribution in [0.2, 0.25) is 0 Å². The van der Waals surface area contributed by atoms with Crippen LogP contribution in [0.3, 0.4) is 0 Å². The SMILES string of the molecule is Cl.N#CC(c1ccccc1)N1CCCC1. The molecule has 0 N–H and O–H groups in total. The zero-order valence-corrected chi connectivity index (χ0v) is 9.41. The summed E-state index contributed by atoms with van der Waals surface area (Å²) in [6, 6.07) is 12.4. The third kappa shape index (κ3) is 2.71. The average molecular weight is 223 g/mol. The summed E-state index contributed by atoms with van der Waals surface area (Å²) in [6.45, 7) is 2.13. The minimum absolute atomic E-state index is 0. The number of nitrogens with zero attached hydrogens (tertiary/aromatic N) is 2. The van der Waals surface area contributed by atoms with Crippen LogP contribution in [-0.4, -0.2) is 18.0 Å². The molecule has 1 aliphatic heterocycles.